The molecular weight excluding hydrogens is 187 g/mol. The third-order valence-electron chi connectivity index (χ3n) is 0.786. The predicted octanol–water partition coefficient (Wildman–Crippen LogP) is 0.784. The summed E-state index contributed by atoms with van der Waals surface area (Å²) in [6.07, 6.45) is 0. The van der Waals surface area contributed by atoms with Gasteiger partial charge in [0.1, 0.15) is 0 Å². The topological polar surface area (TPSA) is 82.1 Å². The van der Waals surface area contributed by atoms with Crippen molar-refractivity contribution in [2.75, 3.05) is 7.11 Å². The van der Waals surface area contributed by atoms with E-state index in [1.54, 1.807) is 0 Å². The Kier molecular flexibility index (Phi) is 4.12. The molecule has 0 aromatic carbocycles. The fraction of sp³-hybridized carbons (Fsp3) is 0.400. The summed E-state index contributed by atoms with van der Waals surface area (Å²) in [6, 6.07) is 0. The summed E-state index contributed by atoms with van der Waals surface area (Å²) in [5.74, 6) is -0.929. The van der Waals surface area contributed by atoms with Gasteiger partial charge in [-0.2, -0.15) is 0 Å². The van der Waals surface area contributed by atoms with Gasteiger partial charge in [-0.15, -0.1) is 0 Å². The number of phosphoric ester groups is 1. The zero-order valence-corrected chi connectivity index (χ0v) is 7.54. The van der Waals surface area contributed by atoms with Crippen LogP contribution in [0.2, 0.25) is 0 Å². The Balaban J connectivity index is 3.92. The van der Waals surface area contributed by atoms with Crippen molar-refractivity contribution in [3.63, 3.8) is 0 Å². The summed E-state index contributed by atoms with van der Waals surface area (Å²) in [7, 11) is -3.31. The van der Waals surface area contributed by atoms with E-state index >= 15 is 0 Å². The van der Waals surface area contributed by atoms with Crippen molar-refractivity contribution in [2.45, 2.75) is 6.92 Å². The van der Waals surface area contributed by atoms with Gasteiger partial charge in [-0.05, 0) is 6.92 Å². The van der Waals surface area contributed by atoms with Crippen LogP contribution < -0.4 is 0 Å². The minimum absolute atomic E-state index is 0.0473. The molecule has 0 bridgehead atoms. The van der Waals surface area contributed by atoms with E-state index < -0.39 is 13.8 Å². The second-order valence-electron chi connectivity index (χ2n) is 1.88. The maximum atomic E-state index is 10.6. The van der Waals surface area contributed by atoms with Crippen molar-refractivity contribution >= 4 is 13.8 Å². The van der Waals surface area contributed by atoms with Gasteiger partial charge in [-0.1, -0.05) is 11.3 Å². The van der Waals surface area contributed by atoms with Gasteiger partial charge in [0.15, 0.2) is 0 Å². The molecule has 7 heteroatoms. The monoisotopic (exact) mass is 196 g/mol. The second kappa shape index (κ2) is 4.37. The molecule has 0 spiro atoms. The van der Waals surface area contributed by atoms with Crippen molar-refractivity contribution in [1.29, 1.82) is 0 Å². The van der Waals surface area contributed by atoms with Gasteiger partial charge in [0.05, 0.1) is 0 Å². The Labute approximate surface area is 69.3 Å². The smallest absolute Gasteiger partial charge is 0.300 e. The molecule has 0 heterocycles. The van der Waals surface area contributed by atoms with Gasteiger partial charge in [-0.3, -0.25) is 9.41 Å². The Hall–Kier alpha value is -0.680. The van der Waals surface area contributed by atoms with E-state index in [0.29, 0.717) is 0 Å². The minimum atomic E-state index is -4.25. The minimum Gasteiger partial charge on any atom is -0.300 e. The van der Waals surface area contributed by atoms with Gasteiger partial charge in [-0.25, -0.2) is 9.36 Å². The van der Waals surface area contributed by atoms with Crippen molar-refractivity contribution < 1.29 is 28.3 Å². The van der Waals surface area contributed by atoms with E-state index in [9.17, 15) is 9.36 Å². The molecule has 0 rings (SSSR count). The van der Waals surface area contributed by atoms with Crippen LogP contribution in [0.1, 0.15) is 6.92 Å². The predicted molar refractivity (Wildman–Crippen MR) is 38.8 cm³/mol. The molecule has 6 nitrogen and oxygen atoms in total. The summed E-state index contributed by atoms with van der Waals surface area (Å²) >= 11 is 0. The summed E-state index contributed by atoms with van der Waals surface area (Å²) in [5, 5.41) is 0. The van der Waals surface area contributed by atoms with Crippen LogP contribution in [0.4, 0.5) is 0 Å². The van der Waals surface area contributed by atoms with E-state index in [1.807, 2.05) is 0 Å². The first-order chi connectivity index (χ1) is 5.39. The highest BCUT2D eigenvalue weighted by atomic mass is 31.2. The van der Waals surface area contributed by atoms with Crippen molar-refractivity contribution in [3.8, 4) is 0 Å². The fourth-order valence-electron chi connectivity index (χ4n) is 0.183. The Morgan fingerprint density at radius 2 is 2.08 bits per heavy atom. The van der Waals surface area contributed by atoms with Gasteiger partial charge in [0.25, 0.3) is 0 Å². The Bertz CT molecular complexity index is 234. The molecule has 0 saturated carbocycles. The summed E-state index contributed by atoms with van der Waals surface area (Å²) in [4.78, 5) is 23.0. The number of carbonyl (C=O) groups is 1. The highest BCUT2D eigenvalue weighted by Gasteiger charge is 2.22. The highest BCUT2D eigenvalue weighted by Crippen LogP contribution is 2.42. The van der Waals surface area contributed by atoms with Crippen LogP contribution in [0.5, 0.6) is 0 Å². The van der Waals surface area contributed by atoms with Gasteiger partial charge in [0, 0.05) is 12.7 Å². The molecule has 0 aliphatic rings. The van der Waals surface area contributed by atoms with Crippen LogP contribution in [-0.4, -0.2) is 18.0 Å². The van der Waals surface area contributed by atoms with E-state index in [4.69, 9.17) is 4.89 Å². The number of rotatable bonds is 4. The van der Waals surface area contributed by atoms with Gasteiger partial charge in [0.2, 0.25) is 0 Å². The number of phosphoric acid groups is 1. The first-order valence-electron chi connectivity index (χ1n) is 2.83. The lowest BCUT2D eigenvalue weighted by molar-refractivity contribution is -0.218. The molecule has 0 amide bonds. The standard InChI is InChI=1S/C5H9O6P/c1-4(2)5(6)10-11-12(7,8)9-3/h1H2,2-3H3,(H,7,8). The normalized spacial score (nSPS) is 14.9. The molecule has 0 aromatic rings. The average molecular weight is 196 g/mol. The lowest BCUT2D eigenvalue weighted by atomic mass is 10.4. The maximum Gasteiger partial charge on any atom is 0.508 e. The molecule has 0 radical (unpaired) electrons. The zero-order chi connectivity index (χ0) is 9.78. The summed E-state index contributed by atoms with van der Waals surface area (Å²) < 4.78 is 18.2. The Morgan fingerprint density at radius 3 is 2.42 bits per heavy atom. The van der Waals surface area contributed by atoms with Crippen LogP contribution in [0.15, 0.2) is 12.2 Å². The van der Waals surface area contributed by atoms with Crippen LogP contribution in [-0.2, 0) is 23.4 Å². The van der Waals surface area contributed by atoms with Gasteiger partial charge >= 0.3 is 13.8 Å². The maximum absolute atomic E-state index is 10.6. The van der Waals surface area contributed by atoms with E-state index in [2.05, 4.69) is 20.7 Å². The highest BCUT2D eigenvalue weighted by molar-refractivity contribution is 7.47. The third kappa shape index (κ3) is 4.25. The molecular formula is C5H9O6P. The second-order valence-corrected chi connectivity index (χ2v) is 3.33. The summed E-state index contributed by atoms with van der Waals surface area (Å²) in [5.41, 5.74) is 0.0473. The van der Waals surface area contributed by atoms with E-state index in [0.717, 1.165) is 7.11 Å². The first-order valence-corrected chi connectivity index (χ1v) is 4.33. The molecule has 1 N–H and O–H groups in total. The molecule has 0 aliphatic carbocycles. The first kappa shape index (κ1) is 11.3. The molecule has 0 aliphatic heterocycles. The molecule has 1 atom stereocenters. The Morgan fingerprint density at radius 1 is 1.58 bits per heavy atom. The molecule has 12 heavy (non-hydrogen) atoms. The van der Waals surface area contributed by atoms with E-state index in [-0.39, 0.29) is 5.57 Å². The lowest BCUT2D eigenvalue weighted by Crippen LogP contribution is -2.05. The number of hydrogen-bond donors (Lipinski definition) is 1. The van der Waals surface area contributed by atoms with Crippen LogP contribution >= 0.6 is 7.82 Å². The largest absolute Gasteiger partial charge is 0.508 e. The van der Waals surface area contributed by atoms with Crippen molar-refractivity contribution in [1.82, 2.24) is 0 Å². The van der Waals surface area contributed by atoms with Crippen molar-refractivity contribution in [3.05, 3.63) is 12.2 Å². The number of hydrogen-bond acceptors (Lipinski definition) is 5. The average Bonchev–Trinajstić information content (AvgIpc) is 2.00. The van der Waals surface area contributed by atoms with Crippen molar-refractivity contribution in [2.24, 2.45) is 0 Å². The van der Waals surface area contributed by atoms with Crippen LogP contribution in [0, 0.1) is 0 Å². The molecule has 70 valence electrons. The van der Waals surface area contributed by atoms with E-state index in [1.165, 1.54) is 6.92 Å². The third-order valence-corrected chi connectivity index (χ3v) is 1.51. The molecule has 0 saturated heterocycles. The zero-order valence-electron chi connectivity index (χ0n) is 6.64. The fourth-order valence-corrected chi connectivity index (χ4v) is 0.405. The van der Waals surface area contributed by atoms with Gasteiger partial charge < -0.3 is 4.89 Å². The van der Waals surface area contributed by atoms with Crippen LogP contribution in [0.25, 0.3) is 0 Å². The lowest BCUT2D eigenvalue weighted by Gasteiger charge is -2.06. The quantitative estimate of drug-likeness (QED) is 0.309. The SMILES string of the molecule is C=C(C)C(=O)OOP(=O)(O)OC. The molecule has 0 fully saturated rings. The molecule has 0 aromatic heterocycles. The van der Waals surface area contributed by atoms with Crippen LogP contribution in [0.3, 0.4) is 0 Å². The molecule has 1 unspecified atom stereocenters. The summed E-state index contributed by atoms with van der Waals surface area (Å²) in [6.45, 7) is 4.58. The number of carbonyl (C=O) groups excluding carboxylic acids is 1.